The molecular formula is C22H26N4O2. The fourth-order valence-corrected chi connectivity index (χ4v) is 3.95. The van der Waals surface area contributed by atoms with Crippen molar-refractivity contribution in [1.29, 1.82) is 0 Å². The molecule has 0 spiro atoms. The van der Waals surface area contributed by atoms with Gasteiger partial charge in [0, 0.05) is 36.8 Å². The summed E-state index contributed by atoms with van der Waals surface area (Å²) in [4.78, 5) is 14.8. The first-order chi connectivity index (χ1) is 13.7. The van der Waals surface area contributed by atoms with Crippen LogP contribution in [0.3, 0.4) is 0 Å². The van der Waals surface area contributed by atoms with E-state index in [9.17, 15) is 10.0 Å². The lowest BCUT2D eigenvalue weighted by atomic mass is 9.98. The van der Waals surface area contributed by atoms with Gasteiger partial charge < -0.3 is 4.90 Å². The van der Waals surface area contributed by atoms with Crippen molar-refractivity contribution in [3.8, 4) is 0 Å². The zero-order valence-electron chi connectivity index (χ0n) is 16.1. The number of hydroxylamine groups is 1. The molecule has 2 N–H and O–H groups in total. The van der Waals surface area contributed by atoms with E-state index >= 15 is 0 Å². The van der Waals surface area contributed by atoms with E-state index < -0.39 is 11.9 Å². The highest BCUT2D eigenvalue weighted by molar-refractivity contribution is 5.92. The van der Waals surface area contributed by atoms with Crippen LogP contribution in [0.1, 0.15) is 31.4 Å². The van der Waals surface area contributed by atoms with Crippen molar-refractivity contribution in [2.75, 3.05) is 18.0 Å². The highest BCUT2D eigenvalue weighted by Gasteiger charge is 2.24. The maximum Gasteiger partial charge on any atom is 0.268 e. The monoisotopic (exact) mass is 378 g/mol. The van der Waals surface area contributed by atoms with Gasteiger partial charge in [-0.15, -0.1) is 0 Å². The van der Waals surface area contributed by atoms with Crippen LogP contribution in [0, 0.1) is 5.92 Å². The zero-order valence-corrected chi connectivity index (χ0v) is 16.1. The molecule has 2 aromatic carbocycles. The molecule has 0 radical (unpaired) electrons. The van der Waals surface area contributed by atoms with E-state index in [0.717, 1.165) is 35.5 Å². The van der Waals surface area contributed by atoms with Crippen molar-refractivity contribution in [2.45, 2.75) is 32.2 Å². The first-order valence-electron chi connectivity index (χ1n) is 9.86. The van der Waals surface area contributed by atoms with Gasteiger partial charge in [0.25, 0.3) is 5.91 Å². The molecule has 1 saturated heterocycles. The van der Waals surface area contributed by atoms with Gasteiger partial charge in [-0.3, -0.25) is 14.7 Å². The summed E-state index contributed by atoms with van der Waals surface area (Å²) in [6.07, 6.45) is 4.77. The van der Waals surface area contributed by atoms with Gasteiger partial charge in [-0.2, -0.15) is 5.10 Å². The number of benzene rings is 2. The summed E-state index contributed by atoms with van der Waals surface area (Å²) in [6.45, 7) is 4.38. The minimum absolute atomic E-state index is 0.456. The molecule has 2 heterocycles. The van der Waals surface area contributed by atoms with Gasteiger partial charge in [0.2, 0.25) is 0 Å². The summed E-state index contributed by atoms with van der Waals surface area (Å²) in [6, 6.07) is 15.3. The largest absolute Gasteiger partial charge is 0.371 e. The number of carbonyl (C=O) groups excluding carboxylic acids is 1. The lowest BCUT2D eigenvalue weighted by Gasteiger charge is -2.32. The van der Waals surface area contributed by atoms with Crippen molar-refractivity contribution >= 4 is 22.5 Å². The molecular weight excluding hydrogens is 352 g/mol. The fraction of sp³-hybridized carbons (Fsp3) is 0.364. The molecule has 28 heavy (non-hydrogen) atoms. The Labute approximate surface area is 164 Å². The van der Waals surface area contributed by atoms with Crippen LogP contribution >= 0.6 is 0 Å². The summed E-state index contributed by atoms with van der Waals surface area (Å²) in [5.41, 5.74) is 4.84. The third-order valence-corrected chi connectivity index (χ3v) is 5.67. The molecule has 1 atom stereocenters. The summed E-state index contributed by atoms with van der Waals surface area (Å²) in [7, 11) is 0. The Morgan fingerprint density at radius 1 is 1.18 bits per heavy atom. The van der Waals surface area contributed by atoms with Crippen molar-refractivity contribution in [3.63, 3.8) is 0 Å². The number of aromatic nitrogens is 2. The molecule has 1 aliphatic heterocycles. The van der Waals surface area contributed by atoms with E-state index in [1.54, 1.807) is 10.2 Å². The van der Waals surface area contributed by atoms with Gasteiger partial charge in [0.15, 0.2) is 0 Å². The second-order valence-electron chi connectivity index (χ2n) is 7.67. The molecule has 0 bridgehead atoms. The summed E-state index contributed by atoms with van der Waals surface area (Å²) in [5.74, 6) is 0.298. The topological polar surface area (TPSA) is 70.4 Å². The van der Waals surface area contributed by atoms with Crippen LogP contribution in [-0.4, -0.2) is 34.0 Å². The molecule has 4 rings (SSSR count). The van der Waals surface area contributed by atoms with Gasteiger partial charge in [0.05, 0.1) is 5.52 Å². The Bertz CT molecular complexity index is 946. The Morgan fingerprint density at radius 3 is 2.64 bits per heavy atom. The number of nitrogens with zero attached hydrogens (tertiary/aromatic N) is 3. The number of fused-ring (bicyclic) bond motifs is 1. The van der Waals surface area contributed by atoms with Crippen molar-refractivity contribution < 1.29 is 10.0 Å². The van der Waals surface area contributed by atoms with Crippen LogP contribution in [0.4, 0.5) is 5.69 Å². The fourth-order valence-electron chi connectivity index (χ4n) is 3.95. The van der Waals surface area contributed by atoms with E-state index in [-0.39, 0.29) is 0 Å². The van der Waals surface area contributed by atoms with Crippen molar-refractivity contribution in [2.24, 2.45) is 5.92 Å². The van der Waals surface area contributed by atoms with E-state index in [2.05, 4.69) is 23.0 Å². The molecule has 1 aliphatic rings. The number of piperidine rings is 1. The standard InChI is InChI=1S/C22H26N4O2/c1-16-10-12-25(13-11-16)20-9-5-8-19-18(20)15-26(23-19)21(22(27)24-28)14-17-6-3-2-4-7-17/h2-9,15-16,21,28H,10-14H2,1H3,(H,24,27). The minimum atomic E-state index is -0.617. The van der Waals surface area contributed by atoms with Crippen LogP contribution in [0.2, 0.25) is 0 Å². The molecule has 0 aliphatic carbocycles. The van der Waals surface area contributed by atoms with Crippen LogP contribution < -0.4 is 10.4 Å². The number of anilines is 1. The van der Waals surface area contributed by atoms with E-state index in [4.69, 9.17) is 0 Å². The summed E-state index contributed by atoms with van der Waals surface area (Å²) < 4.78 is 1.68. The average molecular weight is 378 g/mol. The first kappa shape index (κ1) is 18.5. The number of amides is 1. The third kappa shape index (κ3) is 3.73. The Kier molecular flexibility index (Phi) is 5.30. The molecule has 146 valence electrons. The molecule has 6 nitrogen and oxygen atoms in total. The number of hydrogen-bond donors (Lipinski definition) is 2. The highest BCUT2D eigenvalue weighted by Crippen LogP contribution is 2.31. The van der Waals surface area contributed by atoms with E-state index in [1.807, 2.05) is 48.7 Å². The normalized spacial score (nSPS) is 16.3. The Hall–Kier alpha value is -2.86. The number of rotatable bonds is 5. The van der Waals surface area contributed by atoms with E-state index in [1.165, 1.54) is 18.5 Å². The van der Waals surface area contributed by atoms with Crippen LogP contribution in [-0.2, 0) is 11.2 Å². The lowest BCUT2D eigenvalue weighted by Crippen LogP contribution is -2.32. The number of hydrogen-bond acceptors (Lipinski definition) is 4. The van der Waals surface area contributed by atoms with Crippen LogP contribution in [0.25, 0.3) is 10.9 Å². The Morgan fingerprint density at radius 2 is 1.93 bits per heavy atom. The van der Waals surface area contributed by atoms with Gasteiger partial charge in [-0.25, -0.2) is 5.48 Å². The molecule has 6 heteroatoms. The molecule has 0 saturated carbocycles. The SMILES string of the molecule is CC1CCN(c2cccc3nn(C(Cc4ccccc4)C(=O)NO)cc23)CC1. The predicted molar refractivity (Wildman–Crippen MR) is 109 cm³/mol. The molecule has 1 unspecified atom stereocenters. The summed E-state index contributed by atoms with van der Waals surface area (Å²) >= 11 is 0. The quantitative estimate of drug-likeness (QED) is 0.526. The second kappa shape index (κ2) is 8.02. The van der Waals surface area contributed by atoms with Gasteiger partial charge in [-0.1, -0.05) is 43.3 Å². The molecule has 1 aromatic heterocycles. The van der Waals surface area contributed by atoms with Crippen molar-refractivity contribution in [1.82, 2.24) is 15.3 Å². The third-order valence-electron chi connectivity index (χ3n) is 5.67. The first-order valence-corrected chi connectivity index (χ1v) is 9.86. The maximum atomic E-state index is 12.4. The van der Waals surface area contributed by atoms with Gasteiger partial charge >= 0.3 is 0 Å². The number of carbonyl (C=O) groups is 1. The number of nitrogens with one attached hydrogen (secondary N) is 1. The maximum absolute atomic E-state index is 12.4. The second-order valence-corrected chi connectivity index (χ2v) is 7.67. The Balaban J connectivity index is 1.68. The smallest absolute Gasteiger partial charge is 0.268 e. The van der Waals surface area contributed by atoms with E-state index in [0.29, 0.717) is 6.42 Å². The molecule has 1 amide bonds. The van der Waals surface area contributed by atoms with Gasteiger partial charge in [-0.05, 0) is 36.5 Å². The average Bonchev–Trinajstić information content (AvgIpc) is 3.17. The van der Waals surface area contributed by atoms with Crippen LogP contribution in [0.15, 0.2) is 54.7 Å². The van der Waals surface area contributed by atoms with Gasteiger partial charge in [0.1, 0.15) is 6.04 Å². The molecule has 3 aromatic rings. The summed E-state index contributed by atoms with van der Waals surface area (Å²) in [5, 5.41) is 15.0. The molecule has 1 fully saturated rings. The van der Waals surface area contributed by atoms with Crippen molar-refractivity contribution in [3.05, 3.63) is 60.3 Å². The minimum Gasteiger partial charge on any atom is -0.371 e. The highest BCUT2D eigenvalue weighted by atomic mass is 16.5. The lowest BCUT2D eigenvalue weighted by molar-refractivity contribution is -0.132. The predicted octanol–water partition coefficient (Wildman–Crippen LogP) is 3.56. The zero-order chi connectivity index (χ0) is 19.5. The van der Waals surface area contributed by atoms with Crippen LogP contribution in [0.5, 0.6) is 0 Å².